The fraction of sp³-hybridized carbons (Fsp3) is 0.474. The Morgan fingerprint density at radius 1 is 1.31 bits per heavy atom. The van der Waals surface area contributed by atoms with Crippen LogP contribution in [0.2, 0.25) is 0 Å². The van der Waals surface area contributed by atoms with E-state index in [1.807, 2.05) is 6.92 Å². The van der Waals surface area contributed by atoms with E-state index in [0.717, 1.165) is 4.90 Å². The molecule has 1 atom stereocenters. The van der Waals surface area contributed by atoms with E-state index in [9.17, 15) is 19.2 Å². The van der Waals surface area contributed by atoms with Gasteiger partial charge < -0.3 is 20.1 Å². The summed E-state index contributed by atoms with van der Waals surface area (Å²) in [6.45, 7) is 3.00. The van der Waals surface area contributed by atoms with Gasteiger partial charge in [0.1, 0.15) is 12.3 Å². The van der Waals surface area contributed by atoms with Gasteiger partial charge in [-0.1, -0.05) is 18.2 Å². The molecule has 0 radical (unpaired) electrons. The van der Waals surface area contributed by atoms with Gasteiger partial charge in [-0.05, 0) is 19.4 Å². The highest BCUT2D eigenvalue weighted by Crippen LogP contribution is 2.40. The highest BCUT2D eigenvalue weighted by molar-refractivity contribution is 6.10. The van der Waals surface area contributed by atoms with Crippen molar-refractivity contribution in [1.82, 2.24) is 20.9 Å². The van der Waals surface area contributed by atoms with E-state index in [2.05, 4.69) is 16.0 Å². The van der Waals surface area contributed by atoms with Gasteiger partial charge in [-0.3, -0.25) is 19.8 Å². The number of nitrogens with one attached hydrogen (secondary N) is 3. The van der Waals surface area contributed by atoms with E-state index < -0.39 is 36.0 Å². The largest absolute Gasteiger partial charge is 0.493 e. The van der Waals surface area contributed by atoms with Crippen LogP contribution in [-0.4, -0.2) is 61.7 Å². The molecule has 2 aliphatic heterocycles. The lowest BCUT2D eigenvalue weighted by Crippen LogP contribution is -2.49. The number of hydrogen-bond acceptors (Lipinski definition) is 6. The van der Waals surface area contributed by atoms with Crippen LogP contribution < -0.4 is 20.7 Å². The first-order valence-electron chi connectivity index (χ1n) is 9.50. The standard InChI is InChI=1S/C19H24N4O6/c1-2-28-10-5-9-20-17(26)21-15(24)12-23-16(25)19(22-18(23)27)8-11-29-14-7-4-3-6-13(14)19/h3-4,6-7H,2,5,8-12H2,1H3,(H,22,27)(H2,20,21,24,26)/t19-/m1/s1. The van der Waals surface area contributed by atoms with E-state index in [1.54, 1.807) is 24.3 Å². The Morgan fingerprint density at radius 2 is 2.10 bits per heavy atom. The predicted octanol–water partition coefficient (Wildman–Crippen LogP) is 0.469. The number of rotatable bonds is 7. The van der Waals surface area contributed by atoms with Gasteiger partial charge in [0.05, 0.1) is 6.61 Å². The zero-order valence-electron chi connectivity index (χ0n) is 16.2. The normalized spacial score (nSPS) is 20.1. The van der Waals surface area contributed by atoms with Gasteiger partial charge in [0.25, 0.3) is 5.91 Å². The highest BCUT2D eigenvalue weighted by Gasteiger charge is 2.55. The van der Waals surface area contributed by atoms with Crippen LogP contribution >= 0.6 is 0 Å². The number of ether oxygens (including phenoxy) is 2. The van der Waals surface area contributed by atoms with E-state index in [4.69, 9.17) is 9.47 Å². The third kappa shape index (κ3) is 4.32. The fourth-order valence-corrected chi connectivity index (χ4v) is 3.39. The van der Waals surface area contributed by atoms with Gasteiger partial charge in [0.15, 0.2) is 5.54 Å². The van der Waals surface area contributed by atoms with E-state index in [1.165, 1.54) is 0 Å². The van der Waals surface area contributed by atoms with Crippen LogP contribution in [0.1, 0.15) is 25.3 Å². The molecule has 2 heterocycles. The molecule has 3 rings (SSSR count). The van der Waals surface area contributed by atoms with Crippen molar-refractivity contribution in [3.8, 4) is 5.75 Å². The number of fused-ring (bicyclic) bond motifs is 2. The summed E-state index contributed by atoms with van der Waals surface area (Å²) in [4.78, 5) is 50.2. The first-order valence-corrected chi connectivity index (χ1v) is 9.50. The molecule has 0 aromatic heterocycles. The Balaban J connectivity index is 1.59. The summed E-state index contributed by atoms with van der Waals surface area (Å²) in [6, 6.07) is 5.59. The molecular formula is C19H24N4O6. The number of para-hydroxylation sites is 1. The molecular weight excluding hydrogens is 380 g/mol. The SMILES string of the molecule is CCOCCCNC(=O)NC(=O)CN1C(=O)N[C@@]2(CCOc3ccccc32)C1=O. The van der Waals surface area contributed by atoms with Crippen LogP contribution in [-0.2, 0) is 19.9 Å². The smallest absolute Gasteiger partial charge is 0.325 e. The Kier molecular flexibility index (Phi) is 6.32. The van der Waals surface area contributed by atoms with Gasteiger partial charge >= 0.3 is 12.1 Å². The number of hydrogen-bond donors (Lipinski definition) is 3. The zero-order chi connectivity index (χ0) is 20.9. The lowest BCUT2D eigenvalue weighted by Gasteiger charge is -2.33. The van der Waals surface area contributed by atoms with Crippen LogP contribution in [0.5, 0.6) is 5.75 Å². The summed E-state index contributed by atoms with van der Waals surface area (Å²) < 4.78 is 10.7. The van der Waals surface area contributed by atoms with Gasteiger partial charge in [-0.2, -0.15) is 0 Å². The van der Waals surface area contributed by atoms with E-state index in [-0.39, 0.29) is 13.0 Å². The predicted molar refractivity (Wildman–Crippen MR) is 101 cm³/mol. The van der Waals surface area contributed by atoms with Crippen molar-refractivity contribution in [2.45, 2.75) is 25.3 Å². The van der Waals surface area contributed by atoms with Gasteiger partial charge in [-0.15, -0.1) is 0 Å². The Morgan fingerprint density at radius 3 is 2.90 bits per heavy atom. The highest BCUT2D eigenvalue weighted by atomic mass is 16.5. The number of urea groups is 2. The van der Waals surface area contributed by atoms with Crippen molar-refractivity contribution in [2.75, 3.05) is 32.9 Å². The van der Waals surface area contributed by atoms with Crippen molar-refractivity contribution in [2.24, 2.45) is 0 Å². The van der Waals surface area contributed by atoms with Gasteiger partial charge in [0, 0.05) is 31.7 Å². The molecule has 10 nitrogen and oxygen atoms in total. The third-order valence-corrected chi connectivity index (χ3v) is 4.77. The third-order valence-electron chi connectivity index (χ3n) is 4.77. The summed E-state index contributed by atoms with van der Waals surface area (Å²) in [5.74, 6) is -0.774. The summed E-state index contributed by atoms with van der Waals surface area (Å²) in [6.07, 6.45) is 0.861. The van der Waals surface area contributed by atoms with Gasteiger partial charge in [0.2, 0.25) is 5.91 Å². The fourth-order valence-electron chi connectivity index (χ4n) is 3.39. The second-order valence-corrected chi connectivity index (χ2v) is 6.68. The van der Waals surface area contributed by atoms with Crippen LogP contribution in [0.15, 0.2) is 24.3 Å². The van der Waals surface area contributed by atoms with Crippen molar-refractivity contribution >= 4 is 23.9 Å². The van der Waals surface area contributed by atoms with Crippen molar-refractivity contribution < 1.29 is 28.7 Å². The molecule has 29 heavy (non-hydrogen) atoms. The Labute approximate surface area is 167 Å². The molecule has 1 aromatic carbocycles. The topological polar surface area (TPSA) is 126 Å². The number of carbonyl (C=O) groups excluding carboxylic acids is 4. The van der Waals surface area contributed by atoms with E-state index in [0.29, 0.717) is 37.5 Å². The second kappa shape index (κ2) is 8.91. The molecule has 2 aliphatic rings. The van der Waals surface area contributed by atoms with Gasteiger partial charge in [-0.25, -0.2) is 9.59 Å². The Hall–Kier alpha value is -3.14. The molecule has 1 aromatic rings. The number of nitrogens with zero attached hydrogens (tertiary/aromatic N) is 1. The summed E-state index contributed by atoms with van der Waals surface area (Å²) >= 11 is 0. The number of imide groups is 2. The molecule has 10 heteroatoms. The lowest BCUT2D eigenvalue weighted by molar-refractivity contribution is -0.135. The molecule has 6 amide bonds. The van der Waals surface area contributed by atoms with Crippen LogP contribution in [0.25, 0.3) is 0 Å². The zero-order valence-corrected chi connectivity index (χ0v) is 16.2. The van der Waals surface area contributed by atoms with Crippen LogP contribution in [0, 0.1) is 0 Å². The molecule has 0 saturated carbocycles. The monoisotopic (exact) mass is 404 g/mol. The first kappa shape index (κ1) is 20.6. The van der Waals surface area contributed by atoms with Crippen LogP contribution in [0.4, 0.5) is 9.59 Å². The molecule has 0 aliphatic carbocycles. The molecule has 156 valence electrons. The minimum atomic E-state index is -1.26. The maximum Gasteiger partial charge on any atom is 0.325 e. The van der Waals surface area contributed by atoms with E-state index >= 15 is 0 Å². The average molecular weight is 404 g/mol. The van der Waals surface area contributed by atoms with Crippen LogP contribution in [0.3, 0.4) is 0 Å². The minimum absolute atomic E-state index is 0.257. The summed E-state index contributed by atoms with van der Waals surface area (Å²) in [5, 5.41) is 7.34. The van der Waals surface area contributed by atoms with Crippen molar-refractivity contribution in [1.29, 1.82) is 0 Å². The number of carbonyl (C=O) groups is 4. The second-order valence-electron chi connectivity index (χ2n) is 6.68. The summed E-state index contributed by atoms with van der Waals surface area (Å²) in [5.41, 5.74) is -0.701. The van der Waals surface area contributed by atoms with Crippen molar-refractivity contribution in [3.63, 3.8) is 0 Å². The molecule has 1 fully saturated rings. The average Bonchev–Trinajstić information content (AvgIpc) is 2.93. The summed E-state index contributed by atoms with van der Waals surface area (Å²) in [7, 11) is 0. The van der Waals surface area contributed by atoms with Crippen molar-refractivity contribution in [3.05, 3.63) is 29.8 Å². The molecule has 1 saturated heterocycles. The maximum atomic E-state index is 13.0. The minimum Gasteiger partial charge on any atom is -0.493 e. The Bertz CT molecular complexity index is 814. The molecule has 0 bridgehead atoms. The number of amides is 6. The molecule has 3 N–H and O–H groups in total. The maximum absolute atomic E-state index is 13.0. The molecule has 1 spiro atoms. The molecule has 0 unspecified atom stereocenters. The first-order chi connectivity index (χ1) is 14.0. The number of benzene rings is 1. The quantitative estimate of drug-likeness (QED) is 0.448. The lowest BCUT2D eigenvalue weighted by atomic mass is 9.84.